The Morgan fingerprint density at radius 1 is 1.19 bits per heavy atom. The van der Waals surface area contributed by atoms with Gasteiger partial charge in [0.2, 0.25) is 0 Å². The van der Waals surface area contributed by atoms with Crippen LogP contribution in [0.5, 0.6) is 0 Å². The van der Waals surface area contributed by atoms with Gasteiger partial charge in [-0.3, -0.25) is 0 Å². The molecule has 0 fully saturated rings. The first-order valence-corrected chi connectivity index (χ1v) is 6.07. The summed E-state index contributed by atoms with van der Waals surface area (Å²) >= 11 is 0. The zero-order valence-electron chi connectivity index (χ0n) is 10.9. The molecule has 0 heterocycles. The number of hydrogen-bond donors (Lipinski definition) is 1. The highest BCUT2D eigenvalue weighted by Crippen LogP contribution is 2.21. The fourth-order valence-electron chi connectivity index (χ4n) is 2.24. The van der Waals surface area contributed by atoms with Crippen LogP contribution in [-0.4, -0.2) is 25.0 Å². The molecule has 16 heavy (non-hydrogen) atoms. The second kappa shape index (κ2) is 6.02. The molecule has 0 bridgehead atoms. The van der Waals surface area contributed by atoms with Gasteiger partial charge in [-0.05, 0) is 38.6 Å². The molecule has 2 nitrogen and oxygen atoms in total. The lowest BCUT2D eigenvalue weighted by atomic mass is 9.98. The third-order valence-corrected chi connectivity index (χ3v) is 2.91. The van der Waals surface area contributed by atoms with Crippen LogP contribution in [0.25, 0.3) is 0 Å². The zero-order chi connectivity index (χ0) is 12.1. The summed E-state index contributed by atoms with van der Waals surface area (Å²) in [6, 6.07) is 9.30. The van der Waals surface area contributed by atoms with E-state index in [0.29, 0.717) is 6.04 Å². The van der Waals surface area contributed by atoms with Gasteiger partial charge in [-0.1, -0.05) is 37.6 Å². The summed E-state index contributed by atoms with van der Waals surface area (Å²) < 4.78 is 0. The van der Waals surface area contributed by atoms with E-state index < -0.39 is 0 Å². The maximum Gasteiger partial charge on any atom is 0.0491 e. The second-order valence-corrected chi connectivity index (χ2v) is 4.76. The quantitative estimate of drug-likeness (QED) is 0.826. The highest BCUT2D eigenvalue weighted by molar-refractivity contribution is 5.26. The first-order valence-electron chi connectivity index (χ1n) is 6.07. The van der Waals surface area contributed by atoms with Crippen molar-refractivity contribution in [2.45, 2.75) is 38.8 Å². The third kappa shape index (κ3) is 3.32. The number of benzene rings is 1. The first kappa shape index (κ1) is 13.2. The highest BCUT2D eigenvalue weighted by Gasteiger charge is 2.17. The smallest absolute Gasteiger partial charge is 0.0491 e. The molecule has 0 aliphatic rings. The largest absolute Gasteiger partial charge is 0.326 e. The second-order valence-electron chi connectivity index (χ2n) is 4.76. The van der Waals surface area contributed by atoms with Crippen molar-refractivity contribution in [1.82, 2.24) is 4.90 Å². The molecular formula is C14H24N2. The Morgan fingerprint density at radius 3 is 2.12 bits per heavy atom. The Bertz CT molecular complexity index is 293. The molecule has 0 aromatic heterocycles. The number of nitrogens with two attached hydrogens (primary N) is 1. The molecule has 90 valence electrons. The van der Waals surface area contributed by atoms with Crippen LogP contribution in [0.1, 0.15) is 37.4 Å². The van der Waals surface area contributed by atoms with Crippen LogP contribution >= 0.6 is 0 Å². The molecule has 1 aromatic rings. The molecular weight excluding hydrogens is 196 g/mol. The predicted octanol–water partition coefficient (Wildman–Crippen LogP) is 2.59. The van der Waals surface area contributed by atoms with Crippen LogP contribution in [-0.2, 0) is 6.42 Å². The normalized spacial score (nSPS) is 15.1. The van der Waals surface area contributed by atoms with Crippen LogP contribution in [0.4, 0.5) is 0 Å². The van der Waals surface area contributed by atoms with Crippen molar-refractivity contribution in [2.24, 2.45) is 5.73 Å². The van der Waals surface area contributed by atoms with E-state index in [1.807, 2.05) is 0 Å². The van der Waals surface area contributed by atoms with Gasteiger partial charge in [0.1, 0.15) is 0 Å². The molecule has 0 saturated carbocycles. The Labute approximate surface area is 99.5 Å². The van der Waals surface area contributed by atoms with E-state index in [0.717, 1.165) is 6.42 Å². The fraction of sp³-hybridized carbons (Fsp3) is 0.571. The van der Waals surface area contributed by atoms with E-state index >= 15 is 0 Å². The van der Waals surface area contributed by atoms with Gasteiger partial charge in [-0.15, -0.1) is 0 Å². The van der Waals surface area contributed by atoms with Crippen molar-refractivity contribution < 1.29 is 0 Å². The summed E-state index contributed by atoms with van der Waals surface area (Å²) in [4.78, 5) is 2.18. The number of rotatable bonds is 5. The predicted molar refractivity (Wildman–Crippen MR) is 70.5 cm³/mol. The van der Waals surface area contributed by atoms with Gasteiger partial charge in [-0.25, -0.2) is 0 Å². The van der Waals surface area contributed by atoms with Gasteiger partial charge in [-0.2, -0.15) is 0 Å². The van der Waals surface area contributed by atoms with Crippen LogP contribution < -0.4 is 5.73 Å². The van der Waals surface area contributed by atoms with Gasteiger partial charge < -0.3 is 10.6 Å². The topological polar surface area (TPSA) is 29.3 Å². The summed E-state index contributed by atoms with van der Waals surface area (Å²) in [7, 11) is 4.15. The van der Waals surface area contributed by atoms with Gasteiger partial charge in [0, 0.05) is 12.1 Å². The molecule has 1 rings (SSSR count). The summed E-state index contributed by atoms with van der Waals surface area (Å²) in [5.41, 5.74) is 8.74. The van der Waals surface area contributed by atoms with Gasteiger partial charge in [0.15, 0.2) is 0 Å². The minimum Gasteiger partial charge on any atom is -0.326 e. The number of hydrogen-bond acceptors (Lipinski definition) is 2. The molecule has 2 heteroatoms. The average Bonchev–Trinajstić information content (AvgIpc) is 2.20. The molecule has 0 radical (unpaired) electrons. The maximum absolute atomic E-state index is 6.02. The lowest BCUT2D eigenvalue weighted by molar-refractivity contribution is 0.266. The summed E-state index contributed by atoms with van der Waals surface area (Å²) in [5, 5.41) is 0. The van der Waals surface area contributed by atoms with Gasteiger partial charge >= 0.3 is 0 Å². The van der Waals surface area contributed by atoms with Crippen LogP contribution in [0.15, 0.2) is 24.3 Å². The van der Waals surface area contributed by atoms with Crippen molar-refractivity contribution in [2.75, 3.05) is 14.1 Å². The first-order chi connectivity index (χ1) is 7.56. The summed E-state index contributed by atoms with van der Waals surface area (Å²) in [6.07, 6.45) is 2.36. The summed E-state index contributed by atoms with van der Waals surface area (Å²) in [5.74, 6) is 0. The maximum atomic E-state index is 6.02. The lowest BCUT2D eigenvalue weighted by Gasteiger charge is -2.28. The Balaban J connectivity index is 2.85. The molecule has 0 amide bonds. The van der Waals surface area contributed by atoms with Crippen molar-refractivity contribution in [3.63, 3.8) is 0 Å². The molecule has 0 saturated heterocycles. The number of likely N-dealkylation sites (N-methyl/N-ethyl adjacent to an activating group) is 1. The minimum atomic E-state index is 0.145. The van der Waals surface area contributed by atoms with Gasteiger partial charge in [0.25, 0.3) is 0 Å². The standard InChI is InChI=1S/C14H24N2/c1-5-6-12-7-9-13(10-8-12)14(11(2)15)16(3)4/h7-11,14H,5-6,15H2,1-4H3. The van der Waals surface area contributed by atoms with E-state index in [9.17, 15) is 0 Å². The fourth-order valence-corrected chi connectivity index (χ4v) is 2.24. The SMILES string of the molecule is CCCc1ccc(C(C(C)N)N(C)C)cc1. The van der Waals surface area contributed by atoms with Crippen molar-refractivity contribution in [3.8, 4) is 0 Å². The molecule has 2 unspecified atom stereocenters. The van der Waals surface area contributed by atoms with E-state index in [-0.39, 0.29) is 6.04 Å². The Kier molecular flexibility index (Phi) is 4.97. The van der Waals surface area contributed by atoms with Crippen LogP contribution in [0.3, 0.4) is 0 Å². The number of nitrogens with zero attached hydrogens (tertiary/aromatic N) is 1. The zero-order valence-corrected chi connectivity index (χ0v) is 10.9. The molecule has 0 aliphatic carbocycles. The minimum absolute atomic E-state index is 0.145. The molecule has 2 N–H and O–H groups in total. The monoisotopic (exact) mass is 220 g/mol. The van der Waals surface area contributed by atoms with Crippen molar-refractivity contribution in [3.05, 3.63) is 35.4 Å². The lowest BCUT2D eigenvalue weighted by Crippen LogP contribution is -2.35. The van der Waals surface area contributed by atoms with E-state index in [4.69, 9.17) is 5.73 Å². The average molecular weight is 220 g/mol. The molecule has 1 aromatic carbocycles. The highest BCUT2D eigenvalue weighted by atomic mass is 15.1. The number of aryl methyl sites for hydroxylation is 1. The van der Waals surface area contributed by atoms with E-state index in [1.54, 1.807) is 0 Å². The van der Waals surface area contributed by atoms with Crippen molar-refractivity contribution >= 4 is 0 Å². The summed E-state index contributed by atoms with van der Waals surface area (Å²) in [6.45, 7) is 4.27. The Morgan fingerprint density at radius 2 is 1.75 bits per heavy atom. The van der Waals surface area contributed by atoms with E-state index in [1.165, 1.54) is 17.5 Å². The third-order valence-electron chi connectivity index (χ3n) is 2.91. The van der Waals surface area contributed by atoms with Crippen LogP contribution in [0.2, 0.25) is 0 Å². The van der Waals surface area contributed by atoms with E-state index in [2.05, 4.69) is 57.1 Å². The van der Waals surface area contributed by atoms with Gasteiger partial charge in [0.05, 0.1) is 0 Å². The Hall–Kier alpha value is -0.860. The molecule has 0 aliphatic heterocycles. The molecule has 0 spiro atoms. The van der Waals surface area contributed by atoms with Crippen LogP contribution in [0, 0.1) is 0 Å². The van der Waals surface area contributed by atoms with Crippen molar-refractivity contribution in [1.29, 1.82) is 0 Å². The molecule has 2 atom stereocenters.